The summed E-state index contributed by atoms with van der Waals surface area (Å²) in [6.07, 6.45) is 3.47. The molecule has 0 saturated heterocycles. The van der Waals surface area contributed by atoms with Gasteiger partial charge in [0.05, 0.1) is 21.3 Å². The van der Waals surface area contributed by atoms with Crippen molar-refractivity contribution in [1.82, 2.24) is 0 Å². The minimum atomic E-state index is -0.0894. The molecule has 0 N–H and O–H groups in total. The van der Waals surface area contributed by atoms with Gasteiger partial charge in [-0.25, -0.2) is 4.99 Å². The highest BCUT2D eigenvalue weighted by Crippen LogP contribution is 2.41. The first-order chi connectivity index (χ1) is 11.1. The summed E-state index contributed by atoms with van der Waals surface area (Å²) in [5.74, 6) is 2.25. The molecule has 0 fully saturated rings. The van der Waals surface area contributed by atoms with Crippen molar-refractivity contribution in [2.45, 2.75) is 0 Å². The highest BCUT2D eigenvalue weighted by atomic mass is 32.2. The summed E-state index contributed by atoms with van der Waals surface area (Å²) in [6.45, 7) is 3.66. The SMILES string of the molecule is C=CCSC1=NC(=Cc2ccc(OC)c(OC)c2OC)C(=O)S1. The third-order valence-corrected chi connectivity index (χ3v) is 4.96. The Balaban J connectivity index is 2.40. The molecule has 0 spiro atoms. The van der Waals surface area contributed by atoms with Gasteiger partial charge in [0.25, 0.3) is 0 Å². The molecule has 0 amide bonds. The zero-order chi connectivity index (χ0) is 16.8. The number of ether oxygens (including phenoxy) is 3. The minimum Gasteiger partial charge on any atom is -0.493 e. The summed E-state index contributed by atoms with van der Waals surface area (Å²) in [7, 11) is 4.63. The molecule has 0 bridgehead atoms. The average Bonchev–Trinajstić information content (AvgIpc) is 2.92. The van der Waals surface area contributed by atoms with E-state index in [9.17, 15) is 4.79 Å². The van der Waals surface area contributed by atoms with Crippen LogP contribution in [-0.2, 0) is 4.79 Å². The van der Waals surface area contributed by atoms with Gasteiger partial charge in [0.1, 0.15) is 10.1 Å². The Morgan fingerprint density at radius 3 is 2.57 bits per heavy atom. The van der Waals surface area contributed by atoms with E-state index in [4.69, 9.17) is 14.2 Å². The molecular weight excluding hydrogens is 334 g/mol. The maximum absolute atomic E-state index is 12.1. The molecule has 122 valence electrons. The number of carbonyl (C=O) groups excluding carboxylic acids is 1. The summed E-state index contributed by atoms with van der Waals surface area (Å²) in [5.41, 5.74) is 1.08. The molecule has 0 saturated carbocycles. The summed E-state index contributed by atoms with van der Waals surface area (Å²) < 4.78 is 16.7. The molecule has 1 heterocycles. The lowest BCUT2D eigenvalue weighted by Crippen LogP contribution is -1.97. The molecule has 0 atom stereocenters. The fourth-order valence-electron chi connectivity index (χ4n) is 1.97. The van der Waals surface area contributed by atoms with Crippen LogP contribution in [0.5, 0.6) is 17.2 Å². The number of thioether (sulfide) groups is 2. The van der Waals surface area contributed by atoms with Gasteiger partial charge in [-0.2, -0.15) is 0 Å². The van der Waals surface area contributed by atoms with Gasteiger partial charge in [-0.3, -0.25) is 4.79 Å². The molecule has 0 aliphatic carbocycles. The van der Waals surface area contributed by atoms with E-state index in [-0.39, 0.29) is 5.12 Å². The Bertz CT molecular complexity index is 683. The van der Waals surface area contributed by atoms with Crippen LogP contribution in [-0.4, -0.2) is 36.6 Å². The van der Waals surface area contributed by atoms with Crippen molar-refractivity contribution >= 4 is 39.1 Å². The summed E-state index contributed by atoms with van der Waals surface area (Å²) in [4.78, 5) is 16.4. The van der Waals surface area contributed by atoms with Crippen molar-refractivity contribution < 1.29 is 19.0 Å². The molecule has 23 heavy (non-hydrogen) atoms. The van der Waals surface area contributed by atoms with E-state index < -0.39 is 0 Å². The quantitative estimate of drug-likeness (QED) is 0.576. The fourth-order valence-corrected chi connectivity index (χ4v) is 3.57. The lowest BCUT2D eigenvalue weighted by molar-refractivity contribution is -0.107. The molecular formula is C16H17NO4S2. The summed E-state index contributed by atoms with van der Waals surface area (Å²) >= 11 is 2.61. The van der Waals surface area contributed by atoms with Crippen molar-refractivity contribution in [3.8, 4) is 17.2 Å². The molecule has 0 aromatic heterocycles. The van der Waals surface area contributed by atoms with Crippen LogP contribution < -0.4 is 14.2 Å². The number of aliphatic imine (C=N–C) groups is 1. The fraction of sp³-hybridized carbons (Fsp3) is 0.250. The minimum absolute atomic E-state index is 0.0894. The van der Waals surface area contributed by atoms with Crippen LogP contribution in [0.2, 0.25) is 0 Å². The molecule has 1 aromatic rings. The second-order valence-electron chi connectivity index (χ2n) is 4.32. The first-order valence-electron chi connectivity index (χ1n) is 6.69. The van der Waals surface area contributed by atoms with Crippen LogP contribution in [0, 0.1) is 0 Å². The van der Waals surface area contributed by atoms with Crippen molar-refractivity contribution in [3.05, 3.63) is 36.0 Å². The maximum Gasteiger partial charge on any atom is 0.244 e. The monoisotopic (exact) mass is 351 g/mol. The predicted molar refractivity (Wildman–Crippen MR) is 96.8 cm³/mol. The Kier molecular flexibility index (Phi) is 6.18. The third-order valence-electron chi connectivity index (χ3n) is 2.95. The Hall–Kier alpha value is -1.86. The highest BCUT2D eigenvalue weighted by Gasteiger charge is 2.23. The smallest absolute Gasteiger partial charge is 0.244 e. The van der Waals surface area contributed by atoms with Gasteiger partial charge in [0.15, 0.2) is 11.5 Å². The zero-order valence-electron chi connectivity index (χ0n) is 13.1. The second-order valence-corrected chi connectivity index (χ2v) is 6.55. The predicted octanol–water partition coefficient (Wildman–Crippen LogP) is 3.60. The second kappa shape index (κ2) is 8.12. The molecule has 0 unspecified atom stereocenters. The van der Waals surface area contributed by atoms with E-state index >= 15 is 0 Å². The van der Waals surface area contributed by atoms with Crippen LogP contribution in [0.4, 0.5) is 0 Å². The lowest BCUT2D eigenvalue weighted by atomic mass is 10.1. The van der Waals surface area contributed by atoms with Gasteiger partial charge in [-0.15, -0.1) is 6.58 Å². The van der Waals surface area contributed by atoms with E-state index in [0.29, 0.717) is 34.3 Å². The van der Waals surface area contributed by atoms with E-state index in [1.165, 1.54) is 18.9 Å². The summed E-state index contributed by atoms with van der Waals surface area (Å²) in [5, 5.41) is -0.0894. The standard InChI is InChI=1S/C16H17NO4S2/c1-5-8-22-16-17-11(15(18)23-16)9-10-6-7-12(19-2)14(21-4)13(10)20-3/h5-7,9H,1,8H2,2-4H3. The van der Waals surface area contributed by atoms with Gasteiger partial charge < -0.3 is 14.2 Å². The van der Waals surface area contributed by atoms with Crippen molar-refractivity contribution in [1.29, 1.82) is 0 Å². The van der Waals surface area contributed by atoms with Gasteiger partial charge in [0, 0.05) is 11.3 Å². The van der Waals surface area contributed by atoms with Crippen LogP contribution >= 0.6 is 23.5 Å². The number of hydrogen-bond donors (Lipinski definition) is 0. The third kappa shape index (κ3) is 3.92. The number of rotatable bonds is 6. The van der Waals surface area contributed by atoms with Gasteiger partial charge in [0.2, 0.25) is 10.9 Å². The van der Waals surface area contributed by atoms with Gasteiger partial charge >= 0.3 is 0 Å². The maximum atomic E-state index is 12.1. The average molecular weight is 351 g/mol. The van der Waals surface area contributed by atoms with Crippen molar-refractivity contribution in [2.24, 2.45) is 4.99 Å². The Labute approximate surface area is 143 Å². The van der Waals surface area contributed by atoms with E-state index in [1.807, 2.05) is 0 Å². The lowest BCUT2D eigenvalue weighted by Gasteiger charge is -2.14. The summed E-state index contributed by atoms with van der Waals surface area (Å²) in [6, 6.07) is 3.56. The number of benzene rings is 1. The molecule has 5 nitrogen and oxygen atoms in total. The Morgan fingerprint density at radius 1 is 1.22 bits per heavy atom. The number of hydrogen-bond acceptors (Lipinski definition) is 7. The number of methoxy groups -OCH3 is 3. The van der Waals surface area contributed by atoms with Crippen LogP contribution in [0.3, 0.4) is 0 Å². The van der Waals surface area contributed by atoms with E-state index in [2.05, 4.69) is 11.6 Å². The zero-order valence-corrected chi connectivity index (χ0v) is 14.8. The van der Waals surface area contributed by atoms with E-state index in [1.54, 1.807) is 38.5 Å². The largest absolute Gasteiger partial charge is 0.493 e. The Morgan fingerprint density at radius 2 is 1.96 bits per heavy atom. The number of nitrogens with zero attached hydrogens (tertiary/aromatic N) is 1. The number of carbonyl (C=O) groups is 1. The van der Waals surface area contributed by atoms with Crippen molar-refractivity contribution in [3.63, 3.8) is 0 Å². The molecule has 1 aromatic carbocycles. The van der Waals surface area contributed by atoms with Gasteiger partial charge in [-0.1, -0.05) is 17.8 Å². The molecule has 2 rings (SSSR count). The first-order valence-corrected chi connectivity index (χ1v) is 8.50. The van der Waals surface area contributed by atoms with Crippen LogP contribution in [0.15, 0.2) is 35.5 Å². The normalized spacial score (nSPS) is 15.5. The molecule has 0 radical (unpaired) electrons. The molecule has 1 aliphatic heterocycles. The molecule has 1 aliphatic rings. The molecule has 7 heteroatoms. The highest BCUT2D eigenvalue weighted by molar-refractivity contribution is 8.45. The van der Waals surface area contributed by atoms with Gasteiger partial charge in [-0.05, 0) is 30.0 Å². The topological polar surface area (TPSA) is 57.1 Å². The first kappa shape index (κ1) is 17.5. The van der Waals surface area contributed by atoms with Crippen LogP contribution in [0.25, 0.3) is 6.08 Å². The van der Waals surface area contributed by atoms with Crippen molar-refractivity contribution in [2.75, 3.05) is 27.1 Å². The van der Waals surface area contributed by atoms with Crippen LogP contribution in [0.1, 0.15) is 5.56 Å². The van der Waals surface area contributed by atoms with E-state index in [0.717, 1.165) is 16.1 Å².